The number of carbonyl (C=O) groups excluding carboxylic acids is 3. The van der Waals surface area contributed by atoms with Crippen LogP contribution in [0.1, 0.15) is 28.8 Å². The fourth-order valence-electron chi connectivity index (χ4n) is 3.75. The Morgan fingerprint density at radius 2 is 1.55 bits per heavy atom. The van der Waals surface area contributed by atoms with Crippen LogP contribution in [0.4, 0.5) is 30.8 Å². The number of aromatic nitrogens is 3. The van der Waals surface area contributed by atoms with Crippen molar-refractivity contribution in [2.24, 2.45) is 0 Å². The van der Waals surface area contributed by atoms with E-state index in [4.69, 9.17) is 16.3 Å². The van der Waals surface area contributed by atoms with Crippen molar-refractivity contribution < 1.29 is 32.3 Å². The number of hydrogen-bond acceptors (Lipinski definition) is 9. The van der Waals surface area contributed by atoms with Gasteiger partial charge in [0.1, 0.15) is 0 Å². The molecule has 12 nitrogen and oxygen atoms in total. The average molecular weight is 607 g/mol. The summed E-state index contributed by atoms with van der Waals surface area (Å²) in [5.74, 6) is -2.11. The van der Waals surface area contributed by atoms with E-state index in [1.165, 1.54) is 19.2 Å². The molecule has 1 aliphatic carbocycles. The van der Waals surface area contributed by atoms with Crippen LogP contribution in [0.2, 0.25) is 5.02 Å². The third-order valence-corrected chi connectivity index (χ3v) is 6.26. The van der Waals surface area contributed by atoms with Crippen LogP contribution in [-0.4, -0.2) is 65.6 Å². The van der Waals surface area contributed by atoms with E-state index in [1.807, 2.05) is 12.1 Å². The van der Waals surface area contributed by atoms with Gasteiger partial charge in [-0.05, 0) is 54.8 Å². The molecule has 0 bridgehead atoms. The molecule has 16 heteroatoms. The van der Waals surface area contributed by atoms with Gasteiger partial charge in [-0.2, -0.15) is 28.1 Å². The lowest BCUT2D eigenvalue weighted by Crippen LogP contribution is -2.41. The Bertz CT molecular complexity index is 1430. The molecule has 0 saturated heterocycles. The zero-order valence-electron chi connectivity index (χ0n) is 22.1. The van der Waals surface area contributed by atoms with Crippen LogP contribution in [-0.2, 0) is 15.1 Å². The van der Waals surface area contributed by atoms with Crippen molar-refractivity contribution in [3.8, 4) is 6.01 Å². The molecule has 2 aromatic carbocycles. The predicted octanol–water partition coefficient (Wildman–Crippen LogP) is 2.90. The van der Waals surface area contributed by atoms with E-state index < -0.39 is 42.1 Å². The van der Waals surface area contributed by atoms with Crippen molar-refractivity contribution in [2.45, 2.75) is 24.6 Å². The number of nitrogens with zero attached hydrogens (tertiary/aromatic N) is 3. The number of alkyl halides is 3. The van der Waals surface area contributed by atoms with Crippen molar-refractivity contribution in [1.82, 2.24) is 30.9 Å². The highest BCUT2D eigenvalue weighted by atomic mass is 35.5. The number of amides is 3. The molecule has 1 saturated carbocycles. The summed E-state index contributed by atoms with van der Waals surface area (Å²) in [6, 6.07) is 12.8. The van der Waals surface area contributed by atoms with E-state index >= 15 is 0 Å². The molecule has 4 rings (SSSR count). The first kappa shape index (κ1) is 30.3. The number of nitrogens with one attached hydrogen (secondary N) is 5. The van der Waals surface area contributed by atoms with E-state index in [9.17, 15) is 27.6 Å². The van der Waals surface area contributed by atoms with Gasteiger partial charge in [0.15, 0.2) is 6.61 Å². The summed E-state index contributed by atoms with van der Waals surface area (Å²) in [6.45, 7) is -1.46. The Labute approximate surface area is 242 Å². The number of rotatable bonds is 11. The molecule has 3 aromatic rings. The number of carbonyl (C=O) groups is 3. The lowest BCUT2D eigenvalue weighted by Gasteiger charge is -2.19. The minimum atomic E-state index is -4.60. The molecular formula is C26H26ClF3N8O4. The zero-order valence-corrected chi connectivity index (χ0v) is 22.9. The van der Waals surface area contributed by atoms with Gasteiger partial charge in [-0.15, -0.1) is 0 Å². The van der Waals surface area contributed by atoms with E-state index in [0.29, 0.717) is 16.3 Å². The molecule has 5 N–H and O–H groups in total. The van der Waals surface area contributed by atoms with Crippen LogP contribution < -0.4 is 31.3 Å². The fourth-order valence-corrected chi connectivity index (χ4v) is 3.88. The number of benzene rings is 2. The maximum absolute atomic E-state index is 12.8. The number of anilines is 3. The van der Waals surface area contributed by atoms with Crippen LogP contribution in [0, 0.1) is 0 Å². The van der Waals surface area contributed by atoms with E-state index in [-0.39, 0.29) is 25.0 Å². The average Bonchev–Trinajstić information content (AvgIpc) is 3.74. The van der Waals surface area contributed by atoms with E-state index in [2.05, 4.69) is 41.5 Å². The quantitative estimate of drug-likeness (QED) is 0.163. The van der Waals surface area contributed by atoms with Crippen molar-refractivity contribution in [1.29, 1.82) is 0 Å². The number of halogens is 4. The van der Waals surface area contributed by atoms with Gasteiger partial charge in [0, 0.05) is 36.4 Å². The number of hydrogen-bond donors (Lipinski definition) is 5. The number of likely N-dealkylation sites (N-methyl/N-ethyl adjacent to an activating group) is 1. The number of ether oxygens (including phenoxy) is 1. The van der Waals surface area contributed by atoms with Crippen molar-refractivity contribution in [2.75, 3.05) is 37.4 Å². The highest BCUT2D eigenvalue weighted by Gasteiger charge is 2.45. The normalized spacial score (nSPS) is 13.5. The molecule has 1 heterocycles. The van der Waals surface area contributed by atoms with Gasteiger partial charge in [-0.1, -0.05) is 23.7 Å². The summed E-state index contributed by atoms with van der Waals surface area (Å²) in [5.41, 5.74) is 1.14. The van der Waals surface area contributed by atoms with Gasteiger partial charge in [0.25, 0.3) is 5.91 Å². The highest BCUT2D eigenvalue weighted by Crippen LogP contribution is 2.48. The lowest BCUT2D eigenvalue weighted by molar-refractivity contribution is -0.154. The van der Waals surface area contributed by atoms with Crippen molar-refractivity contribution in [3.05, 3.63) is 64.7 Å². The van der Waals surface area contributed by atoms with Crippen LogP contribution in [0.25, 0.3) is 0 Å². The predicted molar refractivity (Wildman–Crippen MR) is 146 cm³/mol. The summed E-state index contributed by atoms with van der Waals surface area (Å²) in [6.07, 6.45) is -3.11. The van der Waals surface area contributed by atoms with Gasteiger partial charge in [-0.25, -0.2) is 0 Å². The third-order valence-electron chi connectivity index (χ3n) is 6.01. The molecule has 1 aromatic heterocycles. The summed E-state index contributed by atoms with van der Waals surface area (Å²) in [4.78, 5) is 47.3. The molecule has 222 valence electrons. The monoisotopic (exact) mass is 606 g/mol. The van der Waals surface area contributed by atoms with Crippen molar-refractivity contribution in [3.63, 3.8) is 0 Å². The summed E-state index contributed by atoms with van der Waals surface area (Å²) >= 11 is 5.99. The topological polar surface area (TPSA) is 159 Å². The van der Waals surface area contributed by atoms with Gasteiger partial charge in [-0.3, -0.25) is 14.4 Å². The molecule has 0 spiro atoms. The first-order valence-corrected chi connectivity index (χ1v) is 13.0. The zero-order chi connectivity index (χ0) is 30.3. The summed E-state index contributed by atoms with van der Waals surface area (Å²) in [7, 11) is 1.33. The molecule has 0 atom stereocenters. The first-order chi connectivity index (χ1) is 20.0. The van der Waals surface area contributed by atoms with Gasteiger partial charge >= 0.3 is 24.0 Å². The Balaban J connectivity index is 1.43. The molecule has 1 aliphatic rings. The van der Waals surface area contributed by atoms with Gasteiger partial charge < -0.3 is 31.3 Å². The molecule has 3 amide bonds. The minimum absolute atomic E-state index is 0.0108. The Morgan fingerprint density at radius 3 is 2.17 bits per heavy atom. The third kappa shape index (κ3) is 8.42. The minimum Gasteiger partial charge on any atom is -0.454 e. The van der Waals surface area contributed by atoms with E-state index in [0.717, 1.165) is 18.4 Å². The first-order valence-electron chi connectivity index (χ1n) is 12.6. The highest BCUT2D eigenvalue weighted by molar-refractivity contribution is 6.35. The van der Waals surface area contributed by atoms with Gasteiger partial charge in [0.05, 0.1) is 5.54 Å². The van der Waals surface area contributed by atoms with E-state index in [1.54, 1.807) is 24.3 Å². The molecule has 0 radical (unpaired) electrons. The maximum atomic E-state index is 12.8. The largest absolute Gasteiger partial charge is 0.454 e. The summed E-state index contributed by atoms with van der Waals surface area (Å²) < 4.78 is 43.2. The van der Waals surface area contributed by atoms with Gasteiger partial charge in [0.2, 0.25) is 11.9 Å². The molecule has 0 unspecified atom stereocenters. The standard InChI is InChI=1S/C26H26ClF3N8O4/c1-31-20(40)21(41)33-13-12-32-19(39)15-2-8-18(9-3-15)34-22-35-23(37-24(36-22)42-14-26(28,29)30)38-25(10-11-25)16-4-6-17(27)7-5-16/h2-9H,10-14H2,1H3,(H,31,40)(H,32,39)(H,33,41)(H2,34,35,36,37,38). The second-order valence-corrected chi connectivity index (χ2v) is 9.61. The van der Waals surface area contributed by atoms with Crippen molar-refractivity contribution >= 4 is 46.9 Å². The second-order valence-electron chi connectivity index (χ2n) is 9.18. The Kier molecular flexibility index (Phi) is 9.30. The SMILES string of the molecule is CNC(=O)C(=O)NCCNC(=O)c1ccc(Nc2nc(NC3(c4ccc(Cl)cc4)CC3)nc(OCC(F)(F)F)n2)cc1. The lowest BCUT2D eigenvalue weighted by atomic mass is 10.1. The molecule has 0 aliphatic heterocycles. The maximum Gasteiger partial charge on any atom is 0.422 e. The fraction of sp³-hybridized carbons (Fsp3) is 0.308. The smallest absolute Gasteiger partial charge is 0.422 e. The second kappa shape index (κ2) is 12.9. The van der Waals surface area contributed by atoms with Crippen LogP contribution in [0.5, 0.6) is 6.01 Å². The van der Waals surface area contributed by atoms with Crippen LogP contribution in [0.15, 0.2) is 48.5 Å². The molecule has 42 heavy (non-hydrogen) atoms. The summed E-state index contributed by atoms with van der Waals surface area (Å²) in [5, 5.41) is 13.8. The Hall–Kier alpha value is -4.66. The Morgan fingerprint density at radius 1 is 0.905 bits per heavy atom. The molecule has 1 fully saturated rings. The molecular weight excluding hydrogens is 581 g/mol. The van der Waals surface area contributed by atoms with Crippen LogP contribution in [0.3, 0.4) is 0 Å². The van der Waals surface area contributed by atoms with Crippen LogP contribution >= 0.6 is 11.6 Å².